The van der Waals surface area contributed by atoms with E-state index < -0.39 is 36.0 Å². The molecular formula is C28H33N3O6. The molecule has 2 aromatic carbocycles. The highest BCUT2D eigenvalue weighted by Crippen LogP contribution is 2.44. The fraction of sp³-hybridized carbons (Fsp3) is 0.429. The van der Waals surface area contributed by atoms with Crippen LogP contribution in [0, 0.1) is 5.92 Å². The molecule has 2 aliphatic rings. The molecule has 1 heterocycles. The van der Waals surface area contributed by atoms with E-state index in [1.54, 1.807) is 0 Å². The van der Waals surface area contributed by atoms with Crippen molar-refractivity contribution in [2.75, 3.05) is 19.7 Å². The van der Waals surface area contributed by atoms with Crippen molar-refractivity contribution >= 4 is 23.9 Å². The largest absolute Gasteiger partial charge is 0.480 e. The molecule has 0 radical (unpaired) electrons. The van der Waals surface area contributed by atoms with Crippen molar-refractivity contribution in [2.24, 2.45) is 5.92 Å². The Morgan fingerprint density at radius 1 is 1.03 bits per heavy atom. The molecule has 3 N–H and O–H groups in total. The molecule has 1 saturated heterocycles. The van der Waals surface area contributed by atoms with Crippen molar-refractivity contribution in [1.82, 2.24) is 15.5 Å². The second-order valence-electron chi connectivity index (χ2n) is 9.95. The second kappa shape index (κ2) is 11.5. The number of benzene rings is 2. The van der Waals surface area contributed by atoms with Crippen LogP contribution in [0.4, 0.5) is 4.79 Å². The number of fused-ring (bicyclic) bond motifs is 3. The van der Waals surface area contributed by atoms with E-state index in [-0.39, 0.29) is 25.0 Å². The lowest BCUT2D eigenvalue weighted by molar-refractivity contribution is -0.148. The average molecular weight is 508 g/mol. The van der Waals surface area contributed by atoms with Crippen LogP contribution in [0.5, 0.6) is 0 Å². The van der Waals surface area contributed by atoms with Gasteiger partial charge in [0, 0.05) is 12.5 Å². The summed E-state index contributed by atoms with van der Waals surface area (Å²) in [7, 11) is 0. The maximum Gasteiger partial charge on any atom is 0.407 e. The zero-order chi connectivity index (χ0) is 26.5. The zero-order valence-electron chi connectivity index (χ0n) is 21.1. The van der Waals surface area contributed by atoms with Gasteiger partial charge >= 0.3 is 12.1 Å². The lowest BCUT2D eigenvalue weighted by atomic mass is 9.98. The number of hydrogen-bond acceptors (Lipinski definition) is 5. The molecule has 37 heavy (non-hydrogen) atoms. The van der Waals surface area contributed by atoms with Crippen LogP contribution in [-0.4, -0.2) is 65.7 Å². The Balaban J connectivity index is 1.35. The van der Waals surface area contributed by atoms with E-state index in [4.69, 9.17) is 4.74 Å². The van der Waals surface area contributed by atoms with Crippen molar-refractivity contribution < 1.29 is 29.0 Å². The van der Waals surface area contributed by atoms with Crippen LogP contribution < -0.4 is 10.6 Å². The summed E-state index contributed by atoms with van der Waals surface area (Å²) in [5.74, 6) is -2.03. The molecule has 9 nitrogen and oxygen atoms in total. The molecule has 3 amide bonds. The summed E-state index contributed by atoms with van der Waals surface area (Å²) < 4.78 is 5.58. The Morgan fingerprint density at radius 2 is 1.65 bits per heavy atom. The van der Waals surface area contributed by atoms with E-state index in [1.807, 2.05) is 50.2 Å². The highest BCUT2D eigenvalue weighted by atomic mass is 16.5. The second-order valence-corrected chi connectivity index (χ2v) is 9.95. The van der Waals surface area contributed by atoms with Crippen molar-refractivity contribution in [3.05, 3.63) is 59.7 Å². The Kier molecular flexibility index (Phi) is 8.11. The third-order valence-electron chi connectivity index (χ3n) is 6.93. The maximum absolute atomic E-state index is 12.9. The number of hydrogen-bond donors (Lipinski definition) is 3. The lowest BCUT2D eigenvalue weighted by Gasteiger charge is -2.23. The number of nitrogens with one attached hydrogen (secondary N) is 2. The molecule has 4 rings (SSSR count). The van der Waals surface area contributed by atoms with Gasteiger partial charge in [0.2, 0.25) is 11.8 Å². The number of likely N-dealkylation sites (tertiary alicyclic amines) is 1. The molecule has 0 bridgehead atoms. The molecule has 1 aliphatic heterocycles. The summed E-state index contributed by atoms with van der Waals surface area (Å²) in [5, 5.41) is 14.5. The maximum atomic E-state index is 12.9. The SMILES string of the molecule is CC(C)C[C@H](NC(=O)OCC1c2ccccc2-c2ccccc21)C(=O)NCC(=O)N1CCC[C@H]1C(=O)O. The van der Waals surface area contributed by atoms with E-state index in [9.17, 15) is 24.3 Å². The molecule has 2 atom stereocenters. The summed E-state index contributed by atoms with van der Waals surface area (Å²) in [4.78, 5) is 50.8. The Morgan fingerprint density at radius 3 is 2.24 bits per heavy atom. The van der Waals surface area contributed by atoms with E-state index in [2.05, 4.69) is 22.8 Å². The van der Waals surface area contributed by atoms with Crippen molar-refractivity contribution in [2.45, 2.75) is 51.1 Å². The minimum Gasteiger partial charge on any atom is -0.480 e. The number of ether oxygens (including phenoxy) is 1. The molecule has 0 aromatic heterocycles. The predicted molar refractivity (Wildman–Crippen MR) is 137 cm³/mol. The summed E-state index contributed by atoms with van der Waals surface area (Å²) >= 11 is 0. The summed E-state index contributed by atoms with van der Waals surface area (Å²) in [5.41, 5.74) is 4.43. The fourth-order valence-electron chi connectivity index (χ4n) is 5.19. The molecule has 196 valence electrons. The van der Waals surface area contributed by atoms with Gasteiger partial charge in [-0.15, -0.1) is 0 Å². The van der Waals surface area contributed by atoms with Gasteiger partial charge < -0.3 is 25.4 Å². The number of carbonyl (C=O) groups is 4. The quantitative estimate of drug-likeness (QED) is 0.479. The van der Waals surface area contributed by atoms with Gasteiger partial charge in [-0.3, -0.25) is 9.59 Å². The first-order chi connectivity index (χ1) is 17.8. The van der Waals surface area contributed by atoms with E-state index in [0.717, 1.165) is 22.3 Å². The third kappa shape index (κ3) is 5.93. The van der Waals surface area contributed by atoms with Gasteiger partial charge in [0.05, 0.1) is 6.54 Å². The highest BCUT2D eigenvalue weighted by molar-refractivity contribution is 5.91. The number of carboxylic acids is 1. The van der Waals surface area contributed by atoms with Gasteiger partial charge in [0.15, 0.2) is 0 Å². The van der Waals surface area contributed by atoms with Crippen LogP contribution in [0.15, 0.2) is 48.5 Å². The van der Waals surface area contributed by atoms with Crippen LogP contribution >= 0.6 is 0 Å². The lowest BCUT2D eigenvalue weighted by Crippen LogP contribution is -2.51. The monoisotopic (exact) mass is 507 g/mol. The Labute approximate surface area is 216 Å². The molecule has 0 spiro atoms. The van der Waals surface area contributed by atoms with Gasteiger partial charge in [-0.25, -0.2) is 9.59 Å². The topological polar surface area (TPSA) is 125 Å². The van der Waals surface area contributed by atoms with Crippen LogP contribution in [-0.2, 0) is 19.1 Å². The van der Waals surface area contributed by atoms with Gasteiger partial charge in [0.1, 0.15) is 18.7 Å². The fourth-order valence-corrected chi connectivity index (χ4v) is 5.19. The van der Waals surface area contributed by atoms with Crippen LogP contribution in [0.2, 0.25) is 0 Å². The number of amides is 3. The van der Waals surface area contributed by atoms with E-state index in [1.165, 1.54) is 4.90 Å². The average Bonchev–Trinajstić information content (AvgIpc) is 3.49. The van der Waals surface area contributed by atoms with Crippen molar-refractivity contribution in [3.8, 4) is 11.1 Å². The summed E-state index contributed by atoms with van der Waals surface area (Å²) in [6, 6.07) is 14.3. The zero-order valence-corrected chi connectivity index (χ0v) is 21.1. The minimum atomic E-state index is -1.05. The standard InChI is InChI=1S/C28H33N3O6/c1-17(2)14-23(26(33)29-15-25(32)31-13-7-12-24(31)27(34)35)30-28(36)37-16-22-20-10-5-3-8-18(20)19-9-4-6-11-21(19)22/h3-6,8-11,17,22-24H,7,12-16H2,1-2H3,(H,29,33)(H,30,36)(H,34,35)/t23-,24-/m0/s1. The third-order valence-corrected chi connectivity index (χ3v) is 6.93. The number of nitrogens with zero attached hydrogens (tertiary/aromatic N) is 1. The number of carboxylic acid groups (broad SMARTS) is 1. The molecule has 2 aromatic rings. The van der Waals surface area contributed by atoms with Gasteiger partial charge in [-0.05, 0) is 47.4 Å². The van der Waals surface area contributed by atoms with Crippen LogP contribution in [0.25, 0.3) is 11.1 Å². The molecule has 0 unspecified atom stereocenters. The number of aliphatic carboxylic acids is 1. The molecule has 1 aliphatic carbocycles. The normalized spacial score (nSPS) is 17.2. The number of rotatable bonds is 9. The first-order valence-electron chi connectivity index (χ1n) is 12.7. The first kappa shape index (κ1) is 26.2. The number of carbonyl (C=O) groups excluding carboxylic acids is 3. The van der Waals surface area contributed by atoms with E-state index >= 15 is 0 Å². The Bertz CT molecular complexity index is 1130. The predicted octanol–water partition coefficient (Wildman–Crippen LogP) is 3.13. The molecule has 9 heteroatoms. The molecular weight excluding hydrogens is 474 g/mol. The van der Waals surface area contributed by atoms with Gasteiger partial charge in [0.25, 0.3) is 0 Å². The molecule has 0 saturated carbocycles. The highest BCUT2D eigenvalue weighted by Gasteiger charge is 2.34. The van der Waals surface area contributed by atoms with Crippen LogP contribution in [0.3, 0.4) is 0 Å². The van der Waals surface area contributed by atoms with E-state index in [0.29, 0.717) is 25.8 Å². The summed E-state index contributed by atoms with van der Waals surface area (Å²) in [6.45, 7) is 3.99. The van der Waals surface area contributed by atoms with Gasteiger partial charge in [-0.2, -0.15) is 0 Å². The van der Waals surface area contributed by atoms with Crippen molar-refractivity contribution in [3.63, 3.8) is 0 Å². The smallest absolute Gasteiger partial charge is 0.407 e. The van der Waals surface area contributed by atoms with Gasteiger partial charge in [-0.1, -0.05) is 62.4 Å². The first-order valence-corrected chi connectivity index (χ1v) is 12.7. The number of alkyl carbamates (subject to hydrolysis) is 1. The Hall–Kier alpha value is -3.88. The molecule has 1 fully saturated rings. The summed E-state index contributed by atoms with van der Waals surface area (Å²) in [6.07, 6.45) is 0.648. The van der Waals surface area contributed by atoms with Crippen LogP contribution in [0.1, 0.15) is 50.2 Å². The minimum absolute atomic E-state index is 0.0929. The van der Waals surface area contributed by atoms with Crippen molar-refractivity contribution in [1.29, 1.82) is 0 Å².